The van der Waals surface area contributed by atoms with E-state index < -0.39 is 0 Å². The van der Waals surface area contributed by atoms with E-state index in [0.29, 0.717) is 13.0 Å². The van der Waals surface area contributed by atoms with Crippen molar-refractivity contribution in [1.29, 1.82) is 0 Å². The number of ether oxygens (including phenoxy) is 1. The minimum atomic E-state index is -0.247. The minimum absolute atomic E-state index is 0.0450. The molecule has 1 aliphatic heterocycles. The third-order valence-electron chi connectivity index (χ3n) is 3.98. The molecular formula is C18H20O2. The molecule has 104 valence electrons. The summed E-state index contributed by atoms with van der Waals surface area (Å²) >= 11 is 0. The molecule has 3 rings (SSSR count). The fraction of sp³-hybridized carbons (Fsp3) is 0.333. The normalized spacial score (nSPS) is 22.9. The van der Waals surface area contributed by atoms with E-state index in [2.05, 4.69) is 48.5 Å². The number of benzene rings is 2. The van der Waals surface area contributed by atoms with E-state index in [9.17, 15) is 5.11 Å². The van der Waals surface area contributed by atoms with Crippen molar-refractivity contribution < 1.29 is 9.84 Å². The summed E-state index contributed by atoms with van der Waals surface area (Å²) < 4.78 is 5.96. The highest BCUT2D eigenvalue weighted by Crippen LogP contribution is 2.34. The second kappa shape index (κ2) is 6.21. The van der Waals surface area contributed by atoms with Gasteiger partial charge in [-0.25, -0.2) is 0 Å². The molecular weight excluding hydrogens is 248 g/mol. The number of hydrogen-bond acceptors (Lipinski definition) is 2. The van der Waals surface area contributed by atoms with Crippen molar-refractivity contribution in [2.24, 2.45) is 0 Å². The number of rotatable bonds is 3. The first-order valence-corrected chi connectivity index (χ1v) is 7.24. The second-order valence-corrected chi connectivity index (χ2v) is 5.39. The predicted molar refractivity (Wildman–Crippen MR) is 79.7 cm³/mol. The summed E-state index contributed by atoms with van der Waals surface area (Å²) in [5.74, 6) is 0.187. The van der Waals surface area contributed by atoms with Crippen LogP contribution in [0.5, 0.6) is 0 Å². The Morgan fingerprint density at radius 3 is 1.95 bits per heavy atom. The van der Waals surface area contributed by atoms with Crippen LogP contribution in [0, 0.1) is 0 Å². The molecule has 0 aliphatic carbocycles. The molecule has 0 bridgehead atoms. The zero-order chi connectivity index (χ0) is 13.8. The summed E-state index contributed by atoms with van der Waals surface area (Å²) in [4.78, 5) is 0. The highest BCUT2D eigenvalue weighted by molar-refractivity contribution is 5.34. The van der Waals surface area contributed by atoms with Crippen LogP contribution in [-0.4, -0.2) is 23.9 Å². The average molecular weight is 268 g/mol. The lowest BCUT2D eigenvalue weighted by molar-refractivity contribution is -0.0496. The molecule has 2 nitrogen and oxygen atoms in total. The molecule has 1 saturated heterocycles. The van der Waals surface area contributed by atoms with Crippen LogP contribution >= 0.6 is 0 Å². The zero-order valence-electron chi connectivity index (χ0n) is 11.5. The monoisotopic (exact) mass is 268 g/mol. The van der Waals surface area contributed by atoms with Crippen molar-refractivity contribution in [3.8, 4) is 0 Å². The van der Waals surface area contributed by atoms with Crippen molar-refractivity contribution >= 4 is 0 Å². The lowest BCUT2D eigenvalue weighted by Crippen LogP contribution is -2.34. The fourth-order valence-electron chi connectivity index (χ4n) is 2.98. The quantitative estimate of drug-likeness (QED) is 0.925. The SMILES string of the molecule is O[C@@H]1CCO[C@@H](C(c2ccccc2)c2ccccc2)C1. The summed E-state index contributed by atoms with van der Waals surface area (Å²) in [7, 11) is 0. The van der Waals surface area contributed by atoms with Crippen LogP contribution in [-0.2, 0) is 4.74 Å². The Morgan fingerprint density at radius 2 is 1.45 bits per heavy atom. The molecule has 0 unspecified atom stereocenters. The maximum Gasteiger partial charge on any atom is 0.0708 e. The van der Waals surface area contributed by atoms with E-state index >= 15 is 0 Å². The predicted octanol–water partition coefficient (Wildman–Crippen LogP) is 3.36. The van der Waals surface area contributed by atoms with Gasteiger partial charge in [-0.1, -0.05) is 60.7 Å². The molecule has 1 aliphatic rings. The first-order chi connectivity index (χ1) is 9.84. The van der Waals surface area contributed by atoms with E-state index in [0.717, 1.165) is 6.42 Å². The van der Waals surface area contributed by atoms with E-state index in [1.807, 2.05) is 12.1 Å². The van der Waals surface area contributed by atoms with Gasteiger partial charge in [0.15, 0.2) is 0 Å². The van der Waals surface area contributed by atoms with Crippen LogP contribution in [0.1, 0.15) is 29.9 Å². The maximum absolute atomic E-state index is 9.94. The van der Waals surface area contributed by atoms with E-state index in [-0.39, 0.29) is 18.1 Å². The Kier molecular flexibility index (Phi) is 4.14. The Morgan fingerprint density at radius 1 is 0.900 bits per heavy atom. The molecule has 20 heavy (non-hydrogen) atoms. The maximum atomic E-state index is 9.94. The van der Waals surface area contributed by atoms with Gasteiger partial charge in [0.2, 0.25) is 0 Å². The summed E-state index contributed by atoms with van der Waals surface area (Å²) in [6.07, 6.45) is 1.24. The molecule has 2 aromatic rings. The number of hydrogen-bond donors (Lipinski definition) is 1. The van der Waals surface area contributed by atoms with Gasteiger partial charge in [-0.15, -0.1) is 0 Å². The van der Waals surface area contributed by atoms with Gasteiger partial charge >= 0.3 is 0 Å². The molecule has 0 saturated carbocycles. The summed E-state index contributed by atoms with van der Waals surface area (Å²) in [6.45, 7) is 0.641. The Balaban J connectivity index is 1.95. The first kappa shape index (κ1) is 13.3. The lowest BCUT2D eigenvalue weighted by atomic mass is 9.83. The molecule has 0 amide bonds. The summed E-state index contributed by atoms with van der Waals surface area (Å²) in [5.41, 5.74) is 2.50. The second-order valence-electron chi connectivity index (χ2n) is 5.39. The summed E-state index contributed by atoms with van der Waals surface area (Å²) in [5, 5.41) is 9.94. The van der Waals surface area contributed by atoms with Gasteiger partial charge in [-0.3, -0.25) is 0 Å². The smallest absolute Gasteiger partial charge is 0.0708 e. The molecule has 1 fully saturated rings. The van der Waals surface area contributed by atoms with Gasteiger partial charge in [0.25, 0.3) is 0 Å². The van der Waals surface area contributed by atoms with Crippen LogP contribution in [0.15, 0.2) is 60.7 Å². The minimum Gasteiger partial charge on any atom is -0.393 e. The van der Waals surface area contributed by atoms with Crippen LogP contribution in [0.4, 0.5) is 0 Å². The van der Waals surface area contributed by atoms with Gasteiger partial charge in [-0.2, -0.15) is 0 Å². The zero-order valence-corrected chi connectivity index (χ0v) is 11.5. The highest BCUT2D eigenvalue weighted by Gasteiger charge is 2.30. The molecule has 0 radical (unpaired) electrons. The van der Waals surface area contributed by atoms with Crippen LogP contribution in [0.25, 0.3) is 0 Å². The van der Waals surface area contributed by atoms with E-state index in [1.165, 1.54) is 11.1 Å². The van der Waals surface area contributed by atoms with Gasteiger partial charge < -0.3 is 9.84 Å². The van der Waals surface area contributed by atoms with Crippen molar-refractivity contribution in [2.45, 2.75) is 31.0 Å². The lowest BCUT2D eigenvalue weighted by Gasteiger charge is -2.33. The van der Waals surface area contributed by atoms with Crippen LogP contribution < -0.4 is 0 Å². The topological polar surface area (TPSA) is 29.5 Å². The highest BCUT2D eigenvalue weighted by atomic mass is 16.5. The van der Waals surface area contributed by atoms with E-state index in [1.54, 1.807) is 0 Å². The Hall–Kier alpha value is -1.64. The average Bonchev–Trinajstić information content (AvgIpc) is 2.50. The Bertz CT molecular complexity index is 484. The van der Waals surface area contributed by atoms with Crippen molar-refractivity contribution in [3.05, 3.63) is 71.8 Å². The van der Waals surface area contributed by atoms with E-state index in [4.69, 9.17) is 4.74 Å². The molecule has 2 atom stereocenters. The molecule has 1 N–H and O–H groups in total. The van der Waals surface area contributed by atoms with Crippen molar-refractivity contribution in [3.63, 3.8) is 0 Å². The van der Waals surface area contributed by atoms with Crippen molar-refractivity contribution in [1.82, 2.24) is 0 Å². The summed E-state index contributed by atoms with van der Waals surface area (Å²) in [6, 6.07) is 20.9. The van der Waals surface area contributed by atoms with Crippen LogP contribution in [0.2, 0.25) is 0 Å². The molecule has 2 aromatic carbocycles. The third kappa shape index (κ3) is 2.92. The molecule has 0 aromatic heterocycles. The molecule has 1 heterocycles. The first-order valence-electron chi connectivity index (χ1n) is 7.24. The Labute approximate surface area is 120 Å². The standard InChI is InChI=1S/C18H20O2/c19-16-11-12-20-17(13-16)18(14-7-3-1-4-8-14)15-9-5-2-6-10-15/h1-10,16-19H,11-13H2/t16-,17-/m1/s1. The van der Waals surface area contributed by atoms with Crippen LogP contribution in [0.3, 0.4) is 0 Å². The third-order valence-corrected chi connectivity index (χ3v) is 3.98. The van der Waals surface area contributed by atoms with Gasteiger partial charge in [0.05, 0.1) is 12.2 Å². The van der Waals surface area contributed by atoms with Gasteiger partial charge in [0, 0.05) is 18.9 Å². The van der Waals surface area contributed by atoms with Crippen molar-refractivity contribution in [2.75, 3.05) is 6.61 Å². The largest absolute Gasteiger partial charge is 0.393 e. The fourth-order valence-corrected chi connectivity index (χ4v) is 2.98. The van der Waals surface area contributed by atoms with Gasteiger partial charge in [-0.05, 0) is 17.5 Å². The molecule has 2 heteroatoms. The number of aliphatic hydroxyl groups excluding tert-OH is 1. The van der Waals surface area contributed by atoms with Gasteiger partial charge in [0.1, 0.15) is 0 Å². The molecule has 0 spiro atoms. The number of aliphatic hydroxyl groups is 1.